The number of hydrogen-bond donors (Lipinski definition) is 0. The number of carbonyl (C=O) groups excluding carboxylic acids is 1. The number of anilines is 1. The van der Waals surface area contributed by atoms with Gasteiger partial charge in [-0.05, 0) is 64.5 Å². The number of nitrogens with zero attached hydrogens (tertiary/aromatic N) is 1. The first-order chi connectivity index (χ1) is 19.9. The van der Waals surface area contributed by atoms with E-state index in [1.54, 1.807) is 37.4 Å². The summed E-state index contributed by atoms with van der Waals surface area (Å²) in [5.74, 6) is 1.24. The fraction of sp³-hybridized carbons (Fsp3) is 0.273. The minimum Gasteiger partial charge on any atom is -0.495 e. The lowest BCUT2D eigenvalue weighted by Crippen LogP contribution is -2.29. The highest BCUT2D eigenvalue weighted by Gasteiger charge is 2.29. The van der Waals surface area contributed by atoms with Crippen molar-refractivity contribution in [1.29, 1.82) is 0 Å². The molecule has 0 unspecified atom stereocenters. The van der Waals surface area contributed by atoms with Gasteiger partial charge in [-0.3, -0.25) is 9.69 Å². The second-order valence-electron chi connectivity index (χ2n) is 10.8. The fourth-order valence-corrected chi connectivity index (χ4v) is 5.16. The minimum absolute atomic E-state index is 0.105. The number of benzene rings is 3. The molecule has 0 aliphatic carbocycles. The Balaban J connectivity index is 1.75. The second-order valence-corrected chi connectivity index (χ2v) is 11.3. The first-order valence-electron chi connectivity index (χ1n) is 13.4. The van der Waals surface area contributed by atoms with E-state index in [-0.39, 0.29) is 33.5 Å². The average molecular weight is 590 g/mol. The van der Waals surface area contributed by atoms with Gasteiger partial charge in [-0.1, -0.05) is 29.3 Å². The molecule has 1 aliphatic heterocycles. The Kier molecular flexibility index (Phi) is 7.68. The van der Waals surface area contributed by atoms with Gasteiger partial charge in [0, 0.05) is 35.5 Å². The molecule has 5 rings (SSSR count). The highest BCUT2D eigenvalue weighted by atomic mass is 35.5. The number of fused-ring (bicyclic) bond motifs is 3. The topological polar surface area (TPSA) is 87.4 Å². The molecule has 0 N–H and O–H groups in total. The summed E-state index contributed by atoms with van der Waals surface area (Å²) in [4.78, 5) is 28.8. The number of rotatable bonds is 6. The van der Waals surface area contributed by atoms with Gasteiger partial charge < -0.3 is 23.4 Å². The van der Waals surface area contributed by atoms with Crippen LogP contribution >= 0.6 is 11.6 Å². The molecule has 0 saturated carbocycles. The van der Waals surface area contributed by atoms with E-state index in [2.05, 4.69) is 0 Å². The molecule has 0 spiro atoms. The normalized spacial score (nSPS) is 13.3. The second kappa shape index (κ2) is 11.1. The van der Waals surface area contributed by atoms with Crippen LogP contribution in [0.3, 0.4) is 0 Å². The summed E-state index contributed by atoms with van der Waals surface area (Å²) in [5, 5.41) is 1.07. The number of carbonyl (C=O) groups is 1. The molecule has 2 heterocycles. The van der Waals surface area contributed by atoms with E-state index in [0.717, 1.165) is 5.57 Å². The van der Waals surface area contributed by atoms with Crippen molar-refractivity contribution in [3.63, 3.8) is 0 Å². The van der Waals surface area contributed by atoms with Crippen LogP contribution in [0.4, 0.5) is 10.5 Å². The molecule has 9 heteroatoms. The predicted octanol–water partition coefficient (Wildman–Crippen LogP) is 7.94. The summed E-state index contributed by atoms with van der Waals surface area (Å²) in [6.45, 7) is 7.78. The standard InChI is InChI=1S/C33H32ClNO7/c1-18(2)11-12-22-27-24(17-26(30(22)38-6)41-32(37)35(5)20-10-8-9-19(34)15-20)40-25-16-23-21(13-14-33(3,4)42-23)31(39-7)28(25)29(27)36/h8-11,13-17H,12H2,1-7H3. The summed E-state index contributed by atoms with van der Waals surface area (Å²) >= 11 is 6.12. The zero-order chi connectivity index (χ0) is 30.3. The molecule has 42 heavy (non-hydrogen) atoms. The number of hydrogen-bond acceptors (Lipinski definition) is 7. The molecule has 8 nitrogen and oxygen atoms in total. The molecule has 0 radical (unpaired) electrons. The van der Waals surface area contributed by atoms with Crippen molar-refractivity contribution in [2.75, 3.05) is 26.2 Å². The third-order valence-corrected chi connectivity index (χ3v) is 7.28. The average Bonchev–Trinajstić information content (AvgIpc) is 2.93. The van der Waals surface area contributed by atoms with E-state index in [9.17, 15) is 9.59 Å². The van der Waals surface area contributed by atoms with Crippen LogP contribution in [-0.2, 0) is 6.42 Å². The number of halogens is 1. The van der Waals surface area contributed by atoms with Crippen LogP contribution in [0.25, 0.3) is 28.0 Å². The number of allylic oxidation sites excluding steroid dienone is 2. The molecule has 0 saturated heterocycles. The van der Waals surface area contributed by atoms with Crippen LogP contribution in [0.1, 0.15) is 38.8 Å². The summed E-state index contributed by atoms with van der Waals surface area (Å²) in [6.07, 6.45) is 5.43. The summed E-state index contributed by atoms with van der Waals surface area (Å²) in [7, 11) is 4.55. The molecule has 1 aromatic heterocycles. The van der Waals surface area contributed by atoms with Gasteiger partial charge in [0.15, 0.2) is 11.5 Å². The molecule has 0 fully saturated rings. The van der Waals surface area contributed by atoms with Gasteiger partial charge in [0.25, 0.3) is 0 Å². The zero-order valence-electron chi connectivity index (χ0n) is 24.6. The number of methoxy groups -OCH3 is 2. The Morgan fingerprint density at radius 3 is 2.43 bits per heavy atom. The van der Waals surface area contributed by atoms with E-state index < -0.39 is 11.7 Å². The number of ether oxygens (including phenoxy) is 4. The monoisotopic (exact) mass is 589 g/mol. The zero-order valence-corrected chi connectivity index (χ0v) is 25.3. The van der Waals surface area contributed by atoms with E-state index >= 15 is 0 Å². The quantitative estimate of drug-likeness (QED) is 0.167. The Bertz CT molecular complexity index is 1850. The van der Waals surface area contributed by atoms with Crippen molar-refractivity contribution >= 4 is 51.4 Å². The van der Waals surface area contributed by atoms with Crippen molar-refractivity contribution in [3.05, 3.63) is 80.5 Å². The van der Waals surface area contributed by atoms with E-state index in [1.165, 1.54) is 25.2 Å². The van der Waals surface area contributed by atoms with Gasteiger partial charge in [-0.2, -0.15) is 0 Å². The lowest BCUT2D eigenvalue weighted by atomic mass is 9.97. The molecular weight excluding hydrogens is 558 g/mol. The maximum atomic E-state index is 14.3. The molecule has 0 bridgehead atoms. The SMILES string of the molecule is COc1c(OC(=O)N(C)c2cccc(Cl)c2)cc2oc3cc4c(c(OC)c3c(=O)c2c1CC=C(C)C)C=CC(C)(C)O4. The van der Waals surface area contributed by atoms with Crippen LogP contribution < -0.4 is 29.3 Å². The summed E-state index contributed by atoms with van der Waals surface area (Å²) < 4.78 is 29.9. The van der Waals surface area contributed by atoms with Gasteiger partial charge in [0.2, 0.25) is 5.43 Å². The van der Waals surface area contributed by atoms with Gasteiger partial charge >= 0.3 is 6.09 Å². The third-order valence-electron chi connectivity index (χ3n) is 7.04. The minimum atomic E-state index is -0.677. The lowest BCUT2D eigenvalue weighted by molar-refractivity contribution is 0.158. The first kappa shape index (κ1) is 29.1. The van der Waals surface area contributed by atoms with Crippen LogP contribution in [-0.4, -0.2) is 33.0 Å². The molecule has 218 valence electrons. The maximum absolute atomic E-state index is 14.3. The van der Waals surface area contributed by atoms with E-state index in [4.69, 9.17) is 35.0 Å². The summed E-state index contributed by atoms with van der Waals surface area (Å²) in [5.41, 5.74) is 2.42. The van der Waals surface area contributed by atoms with Crippen LogP contribution in [0.15, 0.2) is 63.3 Å². The predicted molar refractivity (Wildman–Crippen MR) is 166 cm³/mol. The molecule has 1 aliphatic rings. The highest BCUT2D eigenvalue weighted by molar-refractivity contribution is 6.30. The molecular formula is C33H32ClNO7. The largest absolute Gasteiger partial charge is 0.495 e. The van der Waals surface area contributed by atoms with Gasteiger partial charge in [-0.25, -0.2) is 4.79 Å². The van der Waals surface area contributed by atoms with Crippen molar-refractivity contribution in [2.45, 2.75) is 39.7 Å². The van der Waals surface area contributed by atoms with Gasteiger partial charge in [0.1, 0.15) is 33.7 Å². The lowest BCUT2D eigenvalue weighted by Gasteiger charge is -2.28. The third kappa shape index (κ3) is 5.30. The van der Waals surface area contributed by atoms with E-state index in [1.807, 2.05) is 45.9 Å². The van der Waals surface area contributed by atoms with Crippen molar-refractivity contribution < 1.29 is 28.2 Å². The Hall–Kier alpha value is -4.43. The molecule has 4 aromatic rings. The first-order valence-corrected chi connectivity index (χ1v) is 13.8. The van der Waals surface area contributed by atoms with Crippen LogP contribution in [0.5, 0.6) is 23.0 Å². The maximum Gasteiger partial charge on any atom is 0.419 e. The van der Waals surface area contributed by atoms with Crippen molar-refractivity contribution in [1.82, 2.24) is 0 Å². The fourth-order valence-electron chi connectivity index (χ4n) is 4.97. The van der Waals surface area contributed by atoms with E-state index in [0.29, 0.717) is 45.1 Å². The molecule has 1 amide bonds. The molecule has 3 aromatic carbocycles. The summed E-state index contributed by atoms with van der Waals surface area (Å²) in [6, 6.07) is 10.0. The van der Waals surface area contributed by atoms with Crippen LogP contribution in [0.2, 0.25) is 5.02 Å². The Morgan fingerprint density at radius 1 is 1.05 bits per heavy atom. The highest BCUT2D eigenvalue weighted by Crippen LogP contribution is 2.44. The van der Waals surface area contributed by atoms with Gasteiger partial charge in [-0.15, -0.1) is 0 Å². The number of amides is 1. The smallest absolute Gasteiger partial charge is 0.419 e. The molecule has 0 atom stereocenters. The Morgan fingerprint density at radius 2 is 1.76 bits per heavy atom. The van der Waals surface area contributed by atoms with Crippen LogP contribution in [0, 0.1) is 0 Å². The van der Waals surface area contributed by atoms with Crippen molar-refractivity contribution in [3.8, 4) is 23.0 Å². The van der Waals surface area contributed by atoms with Crippen molar-refractivity contribution in [2.24, 2.45) is 0 Å². The Labute approximate surface area is 248 Å². The van der Waals surface area contributed by atoms with Gasteiger partial charge in [0.05, 0.1) is 25.2 Å².